The van der Waals surface area contributed by atoms with Crippen molar-refractivity contribution in [3.05, 3.63) is 42.0 Å². The molecule has 10 heteroatoms. The summed E-state index contributed by atoms with van der Waals surface area (Å²) in [4.78, 5) is 12.2. The SMILES string of the molecule is CC[Si](CC)(CC)O[C@H](/C=C/[C@@H]1[C@H]2CC(=O)O[C@H]2C[C@H]1O[Si](CC)(CC)CC)COc1cccc(C(F)(F)F)c1. The summed E-state index contributed by atoms with van der Waals surface area (Å²) < 4.78 is 65.0. The number of hydrogen-bond acceptors (Lipinski definition) is 5. The second-order valence-electron chi connectivity index (χ2n) is 11.2. The van der Waals surface area contributed by atoms with Gasteiger partial charge in [-0.05, 0) is 54.5 Å². The minimum atomic E-state index is -4.44. The van der Waals surface area contributed by atoms with Crippen molar-refractivity contribution in [1.82, 2.24) is 0 Å². The fourth-order valence-corrected chi connectivity index (χ4v) is 11.9. The average molecular weight is 601 g/mol. The molecule has 5 atom stereocenters. The number of carbonyl (C=O) groups excluding carboxylic acids is 1. The van der Waals surface area contributed by atoms with E-state index in [1.807, 2.05) is 6.08 Å². The summed E-state index contributed by atoms with van der Waals surface area (Å²) in [6, 6.07) is 10.9. The van der Waals surface area contributed by atoms with Crippen molar-refractivity contribution in [1.29, 1.82) is 0 Å². The Bertz CT molecular complexity index is 977. The number of ether oxygens (including phenoxy) is 2. The van der Waals surface area contributed by atoms with Crippen LogP contribution in [0.2, 0.25) is 36.3 Å². The molecule has 2 fully saturated rings. The Morgan fingerprint density at radius 2 is 1.62 bits per heavy atom. The molecule has 1 heterocycles. The zero-order chi connectivity index (χ0) is 29.6. The van der Waals surface area contributed by atoms with Crippen LogP contribution in [0.4, 0.5) is 13.2 Å². The van der Waals surface area contributed by atoms with Gasteiger partial charge in [-0.25, -0.2) is 0 Å². The fraction of sp³-hybridized carbons (Fsp3) is 0.700. The predicted molar refractivity (Wildman–Crippen MR) is 156 cm³/mol. The molecule has 2 aliphatic rings. The molecule has 0 aromatic heterocycles. The molecule has 0 bridgehead atoms. The molecule has 1 saturated carbocycles. The number of rotatable bonds is 15. The maximum Gasteiger partial charge on any atom is 0.416 e. The lowest BCUT2D eigenvalue weighted by Crippen LogP contribution is -2.42. The van der Waals surface area contributed by atoms with Gasteiger partial charge in [0.1, 0.15) is 18.5 Å². The van der Waals surface area contributed by atoms with Gasteiger partial charge in [-0.15, -0.1) is 0 Å². The molecule has 0 amide bonds. The number of hydrogen-bond donors (Lipinski definition) is 0. The number of carbonyl (C=O) groups is 1. The van der Waals surface area contributed by atoms with Crippen molar-refractivity contribution in [3.8, 4) is 5.75 Å². The van der Waals surface area contributed by atoms with Gasteiger partial charge in [0.25, 0.3) is 0 Å². The van der Waals surface area contributed by atoms with Crippen LogP contribution >= 0.6 is 0 Å². The largest absolute Gasteiger partial charge is 0.491 e. The first kappa shape index (κ1) is 32.9. The quantitative estimate of drug-likeness (QED) is 0.115. The predicted octanol–water partition coefficient (Wildman–Crippen LogP) is 8.37. The van der Waals surface area contributed by atoms with E-state index in [0.29, 0.717) is 12.8 Å². The Hall–Kier alpha value is -1.63. The van der Waals surface area contributed by atoms with Gasteiger partial charge < -0.3 is 18.3 Å². The molecule has 0 radical (unpaired) electrons. The lowest BCUT2D eigenvalue weighted by molar-refractivity contribution is -0.142. The highest BCUT2D eigenvalue weighted by molar-refractivity contribution is 6.74. The first-order valence-electron chi connectivity index (χ1n) is 15.0. The highest BCUT2D eigenvalue weighted by atomic mass is 28.4. The molecule has 0 unspecified atom stereocenters. The van der Waals surface area contributed by atoms with E-state index in [-0.39, 0.29) is 42.4 Å². The third-order valence-electron chi connectivity index (χ3n) is 9.34. The second kappa shape index (κ2) is 14.0. The molecule has 226 valence electrons. The molecule has 1 aromatic rings. The van der Waals surface area contributed by atoms with Gasteiger partial charge in [0.05, 0.1) is 24.2 Å². The van der Waals surface area contributed by atoms with E-state index in [1.54, 1.807) is 0 Å². The van der Waals surface area contributed by atoms with Crippen LogP contribution in [0, 0.1) is 11.8 Å². The molecule has 0 spiro atoms. The number of alkyl halides is 3. The van der Waals surface area contributed by atoms with Crippen LogP contribution < -0.4 is 4.74 Å². The number of halogens is 3. The van der Waals surface area contributed by atoms with Gasteiger partial charge in [-0.3, -0.25) is 4.79 Å². The van der Waals surface area contributed by atoms with Crippen molar-refractivity contribution in [2.24, 2.45) is 11.8 Å². The van der Waals surface area contributed by atoms with Gasteiger partial charge in [0, 0.05) is 18.3 Å². The lowest BCUT2D eigenvalue weighted by atomic mass is 9.91. The Kier molecular flexibility index (Phi) is 11.5. The van der Waals surface area contributed by atoms with Crippen LogP contribution in [0.1, 0.15) is 59.9 Å². The fourth-order valence-electron chi connectivity index (χ4n) is 6.25. The summed E-state index contributed by atoms with van der Waals surface area (Å²) in [5.41, 5.74) is -0.740. The minimum Gasteiger partial charge on any atom is -0.491 e. The van der Waals surface area contributed by atoms with E-state index >= 15 is 0 Å². The first-order valence-corrected chi connectivity index (χ1v) is 20.1. The van der Waals surface area contributed by atoms with Crippen molar-refractivity contribution in [3.63, 3.8) is 0 Å². The average Bonchev–Trinajstić information content (AvgIpc) is 3.46. The van der Waals surface area contributed by atoms with Crippen molar-refractivity contribution >= 4 is 22.6 Å². The van der Waals surface area contributed by atoms with E-state index in [0.717, 1.165) is 48.4 Å². The Morgan fingerprint density at radius 1 is 1.00 bits per heavy atom. The number of fused-ring (bicyclic) bond motifs is 1. The van der Waals surface area contributed by atoms with E-state index in [2.05, 4.69) is 47.6 Å². The second-order valence-corrected chi connectivity index (χ2v) is 20.7. The van der Waals surface area contributed by atoms with E-state index in [9.17, 15) is 18.0 Å². The van der Waals surface area contributed by atoms with Gasteiger partial charge in [0.2, 0.25) is 0 Å². The molecule has 40 heavy (non-hydrogen) atoms. The number of benzene rings is 1. The third kappa shape index (κ3) is 7.80. The Labute approximate surface area is 240 Å². The Morgan fingerprint density at radius 3 is 2.20 bits per heavy atom. The molecule has 1 aromatic carbocycles. The van der Waals surface area contributed by atoms with Crippen LogP contribution in [0.3, 0.4) is 0 Å². The van der Waals surface area contributed by atoms with Crippen LogP contribution in [-0.4, -0.2) is 47.5 Å². The summed E-state index contributed by atoms with van der Waals surface area (Å²) in [6.07, 6.45) is 0.179. The minimum absolute atomic E-state index is 0.00794. The third-order valence-corrected chi connectivity index (χ3v) is 18.7. The summed E-state index contributed by atoms with van der Waals surface area (Å²) in [7, 11) is -3.96. The van der Waals surface area contributed by atoms with Crippen molar-refractivity contribution in [2.75, 3.05) is 6.61 Å². The lowest BCUT2D eigenvalue weighted by Gasteiger charge is -2.35. The Balaban J connectivity index is 1.87. The summed E-state index contributed by atoms with van der Waals surface area (Å²) in [5, 5.41) is 0. The molecule has 1 aliphatic carbocycles. The maximum absolute atomic E-state index is 13.3. The van der Waals surface area contributed by atoms with Gasteiger partial charge in [0.15, 0.2) is 16.6 Å². The van der Waals surface area contributed by atoms with Crippen LogP contribution in [-0.2, 0) is 24.6 Å². The molecule has 1 aliphatic heterocycles. The van der Waals surface area contributed by atoms with Crippen LogP contribution in [0.5, 0.6) is 5.75 Å². The van der Waals surface area contributed by atoms with Crippen LogP contribution in [0.15, 0.2) is 36.4 Å². The standard InChI is InChI=1S/C30H47F3O5Si2/c1-7-39(8-2,9-3)37-24(21-35-23-15-13-14-22(18-23)30(31,32)33)16-17-25-26-19-29(34)36-27(26)20-28(25)38-40(10-4,11-5)12-6/h13-18,24-28H,7-12,19-21H2,1-6H3/b17-16+/t24-,25-,26-,27+,28-/m1/s1. The van der Waals surface area contributed by atoms with Gasteiger partial charge in [-0.1, -0.05) is 59.8 Å². The molecule has 1 saturated heterocycles. The van der Waals surface area contributed by atoms with Gasteiger partial charge in [-0.2, -0.15) is 13.2 Å². The molecule has 0 N–H and O–H groups in total. The topological polar surface area (TPSA) is 54.0 Å². The zero-order valence-corrected chi connectivity index (χ0v) is 26.9. The monoisotopic (exact) mass is 600 g/mol. The van der Waals surface area contributed by atoms with Crippen LogP contribution in [0.25, 0.3) is 0 Å². The number of esters is 1. The summed E-state index contributed by atoms with van der Waals surface area (Å²) in [5.74, 6) is 0.0668. The summed E-state index contributed by atoms with van der Waals surface area (Å²) in [6.45, 7) is 13.2. The molecule has 3 rings (SSSR count). The smallest absolute Gasteiger partial charge is 0.416 e. The maximum atomic E-state index is 13.3. The van der Waals surface area contributed by atoms with E-state index in [1.165, 1.54) is 12.1 Å². The van der Waals surface area contributed by atoms with Gasteiger partial charge >= 0.3 is 12.1 Å². The van der Waals surface area contributed by atoms with E-state index < -0.39 is 34.5 Å². The summed E-state index contributed by atoms with van der Waals surface area (Å²) >= 11 is 0. The zero-order valence-electron chi connectivity index (χ0n) is 24.9. The highest BCUT2D eigenvalue weighted by Gasteiger charge is 2.51. The highest BCUT2D eigenvalue weighted by Crippen LogP contribution is 2.45. The van der Waals surface area contributed by atoms with Crippen molar-refractivity contribution < 1.29 is 36.3 Å². The first-order chi connectivity index (χ1) is 19.0. The van der Waals surface area contributed by atoms with Crippen molar-refractivity contribution in [2.45, 2.75) is 115 Å². The molecule has 5 nitrogen and oxygen atoms in total. The molecular weight excluding hydrogens is 553 g/mol. The normalized spacial score (nSPS) is 24.4. The molecular formula is C30H47F3O5Si2. The van der Waals surface area contributed by atoms with E-state index in [4.69, 9.17) is 18.3 Å².